The lowest BCUT2D eigenvalue weighted by Crippen LogP contribution is -2.80. The summed E-state index contributed by atoms with van der Waals surface area (Å²) in [6, 6.07) is 4.58. The Kier molecular flexibility index (Phi) is 3.78. The fourth-order valence-electron chi connectivity index (χ4n) is 9.71. The molecule has 1 aromatic rings. The molecule has 0 aromatic heterocycles. The summed E-state index contributed by atoms with van der Waals surface area (Å²) in [6.45, 7) is 13.5. The minimum absolute atomic E-state index is 0.0170. The Morgan fingerprint density at radius 3 is 2.58 bits per heavy atom. The number of hydrogen-bond acceptors (Lipinski definition) is 4. The number of rotatable bonds is 3. The first-order chi connectivity index (χ1) is 15.5. The number of nitrogens with zero attached hydrogens (tertiary/aromatic N) is 1. The second kappa shape index (κ2) is 5.93. The minimum atomic E-state index is -0.785. The Morgan fingerprint density at radius 1 is 1.12 bits per heavy atom. The Bertz CT molecular complexity index is 1040. The highest BCUT2D eigenvalue weighted by Gasteiger charge is 2.80. The van der Waals surface area contributed by atoms with Crippen LogP contribution in [0.4, 0.5) is 0 Å². The zero-order chi connectivity index (χ0) is 23.2. The van der Waals surface area contributed by atoms with Crippen LogP contribution in [0.25, 0.3) is 0 Å². The van der Waals surface area contributed by atoms with Crippen molar-refractivity contribution in [2.75, 3.05) is 13.1 Å². The third-order valence-electron chi connectivity index (χ3n) is 12.0. The van der Waals surface area contributed by atoms with Crippen LogP contribution in [0.1, 0.15) is 84.3 Å². The van der Waals surface area contributed by atoms with Gasteiger partial charge in [-0.3, -0.25) is 4.90 Å². The molecule has 8 rings (SSSR count). The van der Waals surface area contributed by atoms with Crippen LogP contribution in [0.15, 0.2) is 12.1 Å². The zero-order valence-electron chi connectivity index (χ0n) is 21.1. The lowest BCUT2D eigenvalue weighted by Gasteiger charge is -2.75. The monoisotopic (exact) mass is 451 g/mol. The number of aliphatic hydroxyl groups is 1. The fourth-order valence-corrected chi connectivity index (χ4v) is 9.71. The highest BCUT2D eigenvalue weighted by atomic mass is 16.5. The average Bonchev–Trinajstić information content (AvgIpc) is 3.48. The van der Waals surface area contributed by atoms with Gasteiger partial charge in [0.15, 0.2) is 11.5 Å². The Hall–Kier alpha value is -1.26. The summed E-state index contributed by atoms with van der Waals surface area (Å²) in [5.74, 6) is 2.15. The van der Waals surface area contributed by atoms with Crippen LogP contribution in [0.2, 0.25) is 0 Å². The largest absolute Gasteiger partial charge is 0.504 e. The second-order valence-electron chi connectivity index (χ2n) is 14.1. The number of ether oxygens (including phenoxy) is 1. The van der Waals surface area contributed by atoms with Gasteiger partial charge in [0, 0.05) is 34.4 Å². The number of fused-ring (bicyclic) bond motifs is 2. The molecular weight excluding hydrogens is 410 g/mol. The summed E-state index contributed by atoms with van der Waals surface area (Å²) in [6.07, 6.45) is 8.42. The molecule has 5 aliphatic carbocycles. The van der Waals surface area contributed by atoms with Gasteiger partial charge in [-0.25, -0.2) is 0 Å². The summed E-state index contributed by atoms with van der Waals surface area (Å²) in [5.41, 5.74) is 1.77. The van der Waals surface area contributed by atoms with Crippen LogP contribution in [0.3, 0.4) is 0 Å². The van der Waals surface area contributed by atoms with Crippen molar-refractivity contribution in [2.24, 2.45) is 28.1 Å². The maximum atomic E-state index is 12.1. The van der Waals surface area contributed by atoms with E-state index in [0.717, 1.165) is 43.9 Å². The molecule has 180 valence electrons. The van der Waals surface area contributed by atoms with Gasteiger partial charge in [-0.1, -0.05) is 33.8 Å². The van der Waals surface area contributed by atoms with Crippen LogP contribution in [0.5, 0.6) is 11.5 Å². The first-order valence-electron chi connectivity index (χ1n) is 13.4. The van der Waals surface area contributed by atoms with E-state index in [0.29, 0.717) is 11.8 Å². The molecule has 0 amide bonds. The highest BCUT2D eigenvalue weighted by Crippen LogP contribution is 2.79. The Labute approximate surface area is 198 Å². The summed E-state index contributed by atoms with van der Waals surface area (Å²) in [5, 5.41) is 23.1. The van der Waals surface area contributed by atoms with Gasteiger partial charge in [-0.2, -0.15) is 0 Å². The van der Waals surface area contributed by atoms with Crippen LogP contribution >= 0.6 is 0 Å². The molecule has 4 heteroatoms. The molecule has 2 aliphatic heterocycles. The maximum Gasteiger partial charge on any atom is 0.165 e. The molecule has 4 saturated carbocycles. The van der Waals surface area contributed by atoms with E-state index < -0.39 is 5.60 Å². The van der Waals surface area contributed by atoms with Crippen molar-refractivity contribution in [2.45, 2.75) is 103 Å². The van der Waals surface area contributed by atoms with Crippen molar-refractivity contribution in [3.05, 3.63) is 23.3 Å². The molecule has 0 radical (unpaired) electrons. The van der Waals surface area contributed by atoms with Crippen molar-refractivity contribution in [1.29, 1.82) is 0 Å². The van der Waals surface area contributed by atoms with E-state index in [2.05, 4.69) is 45.6 Å². The van der Waals surface area contributed by atoms with E-state index in [1.165, 1.54) is 36.9 Å². The van der Waals surface area contributed by atoms with Gasteiger partial charge in [0.25, 0.3) is 0 Å². The molecule has 4 nitrogen and oxygen atoms in total. The standard InChI is InChI=1S/C29H41NO3/c1-25(2,3)27(5,32)20-15-28-11-10-26(20,4)24-29(28)12-13-30(16-17-6-7-17)21(28)14-18-8-9-19(31)23(33-24)22(18)29/h8-9,17,20-21,24,31-32H,6-7,10-16H2,1-5H3/t20?,21?,24-,26?,27+,28?,29-/m0/s1. The molecule has 4 bridgehead atoms. The summed E-state index contributed by atoms with van der Waals surface area (Å²) in [7, 11) is 0. The van der Waals surface area contributed by atoms with Crippen LogP contribution in [-0.2, 0) is 11.8 Å². The van der Waals surface area contributed by atoms with E-state index in [4.69, 9.17) is 4.74 Å². The maximum absolute atomic E-state index is 12.1. The van der Waals surface area contributed by atoms with Gasteiger partial charge in [0.1, 0.15) is 6.10 Å². The number of phenolic OH excluding ortho intramolecular Hbond substituents is 1. The Morgan fingerprint density at radius 2 is 1.88 bits per heavy atom. The second-order valence-corrected chi connectivity index (χ2v) is 14.1. The van der Waals surface area contributed by atoms with E-state index in [1.54, 1.807) is 0 Å². The molecule has 1 saturated heterocycles. The number of likely N-dealkylation sites (tertiary alicyclic amines) is 1. The zero-order valence-corrected chi connectivity index (χ0v) is 21.1. The molecule has 1 aromatic carbocycles. The van der Waals surface area contributed by atoms with Crippen LogP contribution in [0, 0.1) is 28.1 Å². The Balaban J connectivity index is 1.46. The van der Waals surface area contributed by atoms with Gasteiger partial charge in [-0.15, -0.1) is 0 Å². The smallest absolute Gasteiger partial charge is 0.165 e. The van der Waals surface area contributed by atoms with E-state index in [-0.39, 0.29) is 33.7 Å². The van der Waals surface area contributed by atoms with Gasteiger partial charge in [0.2, 0.25) is 0 Å². The molecule has 33 heavy (non-hydrogen) atoms. The topological polar surface area (TPSA) is 52.9 Å². The van der Waals surface area contributed by atoms with Crippen molar-refractivity contribution < 1.29 is 14.9 Å². The molecule has 7 atom stereocenters. The third kappa shape index (κ3) is 2.23. The normalized spacial score (nSPS) is 44.8. The van der Waals surface area contributed by atoms with Gasteiger partial charge in [0.05, 0.1) is 5.60 Å². The van der Waals surface area contributed by atoms with Crippen molar-refractivity contribution >= 4 is 0 Å². The van der Waals surface area contributed by atoms with Gasteiger partial charge in [-0.05, 0) is 87.3 Å². The van der Waals surface area contributed by atoms with Crippen molar-refractivity contribution in [1.82, 2.24) is 4.90 Å². The first kappa shape index (κ1) is 21.1. The average molecular weight is 452 g/mol. The number of phenols is 1. The lowest BCUT2D eigenvalue weighted by molar-refractivity contribution is -0.276. The molecule has 4 unspecified atom stereocenters. The number of benzene rings is 1. The number of piperidine rings is 1. The third-order valence-corrected chi connectivity index (χ3v) is 12.0. The van der Waals surface area contributed by atoms with E-state index in [1.807, 2.05) is 6.07 Å². The molecule has 2 heterocycles. The molecule has 2 spiro atoms. The predicted molar refractivity (Wildman–Crippen MR) is 129 cm³/mol. The molecule has 7 aliphatic rings. The van der Waals surface area contributed by atoms with Crippen molar-refractivity contribution in [3.8, 4) is 11.5 Å². The van der Waals surface area contributed by atoms with Gasteiger partial charge >= 0.3 is 0 Å². The van der Waals surface area contributed by atoms with Crippen LogP contribution in [-0.4, -0.2) is 45.9 Å². The fraction of sp³-hybridized carbons (Fsp3) is 0.793. The summed E-state index contributed by atoms with van der Waals surface area (Å²) < 4.78 is 6.93. The van der Waals surface area contributed by atoms with Gasteiger partial charge < -0.3 is 14.9 Å². The SMILES string of the molecule is CC12CCC3(CC1[C@@](C)(O)C(C)(C)C)C1Cc4ccc(O)c5c4[C@@]3(CCN1CC1CC1)[C@H]2O5. The molecule has 5 fully saturated rings. The summed E-state index contributed by atoms with van der Waals surface area (Å²) in [4.78, 5) is 2.85. The summed E-state index contributed by atoms with van der Waals surface area (Å²) >= 11 is 0. The minimum Gasteiger partial charge on any atom is -0.504 e. The van der Waals surface area contributed by atoms with Crippen LogP contribution < -0.4 is 4.74 Å². The molecule has 2 N–H and O–H groups in total. The number of aromatic hydroxyl groups is 1. The van der Waals surface area contributed by atoms with Crippen molar-refractivity contribution in [3.63, 3.8) is 0 Å². The predicted octanol–water partition coefficient (Wildman–Crippen LogP) is 5.03. The quantitative estimate of drug-likeness (QED) is 0.676. The van der Waals surface area contributed by atoms with E-state index in [9.17, 15) is 10.2 Å². The van der Waals surface area contributed by atoms with E-state index >= 15 is 0 Å². The molecular formula is C29H41NO3. The first-order valence-corrected chi connectivity index (χ1v) is 13.4. The number of hydrogen-bond donors (Lipinski definition) is 2. The highest BCUT2D eigenvalue weighted by molar-refractivity contribution is 5.63. The lowest BCUT2D eigenvalue weighted by atomic mass is 9.31.